The number of likely N-dealkylation sites (tertiary alicyclic amines) is 2. The van der Waals surface area contributed by atoms with E-state index in [1.54, 1.807) is 13.3 Å². The Labute approximate surface area is 155 Å². The van der Waals surface area contributed by atoms with Crippen LogP contribution in [0.4, 0.5) is 0 Å². The monoisotopic (exact) mass is 362 g/mol. The maximum absolute atomic E-state index is 12.7. The van der Waals surface area contributed by atoms with E-state index in [1.165, 1.54) is 0 Å². The fourth-order valence-corrected chi connectivity index (χ4v) is 4.29. The zero-order chi connectivity index (χ0) is 18.5. The number of hydrogen-bond acceptors (Lipinski definition) is 4. The number of carbonyl (C=O) groups is 2. The summed E-state index contributed by atoms with van der Waals surface area (Å²) in [7, 11) is 1.69. The molecule has 0 aromatic carbocycles. The molecule has 26 heavy (non-hydrogen) atoms. The van der Waals surface area contributed by atoms with Gasteiger partial charge >= 0.3 is 0 Å². The first-order valence-corrected chi connectivity index (χ1v) is 9.70. The van der Waals surface area contributed by atoms with Gasteiger partial charge in [-0.3, -0.25) is 9.59 Å². The maximum atomic E-state index is 12.7. The second-order valence-electron chi connectivity index (χ2n) is 7.25. The Balaban J connectivity index is 1.58. The van der Waals surface area contributed by atoms with Crippen LogP contribution in [-0.4, -0.2) is 70.6 Å². The summed E-state index contributed by atoms with van der Waals surface area (Å²) in [5.74, 6) is 1.74. The number of hydrogen-bond donors (Lipinski definition) is 0. The summed E-state index contributed by atoms with van der Waals surface area (Å²) in [6.45, 7) is 5.33. The third-order valence-electron chi connectivity index (χ3n) is 5.67. The molecule has 7 nitrogen and oxygen atoms in total. The Hall–Kier alpha value is -1.89. The molecule has 2 amide bonds. The molecule has 2 aliphatic heterocycles. The summed E-state index contributed by atoms with van der Waals surface area (Å²) in [5.41, 5.74) is 0. The zero-order valence-corrected chi connectivity index (χ0v) is 15.9. The summed E-state index contributed by atoms with van der Waals surface area (Å²) < 4.78 is 7.06. The highest BCUT2D eigenvalue weighted by atomic mass is 16.5. The van der Waals surface area contributed by atoms with E-state index in [-0.39, 0.29) is 17.9 Å². The molecular weight excluding hydrogens is 332 g/mol. The van der Waals surface area contributed by atoms with Gasteiger partial charge in [0, 0.05) is 64.6 Å². The number of nitrogens with zero attached hydrogens (tertiary/aromatic N) is 4. The Kier molecular flexibility index (Phi) is 6.29. The molecule has 0 radical (unpaired) electrons. The Morgan fingerprint density at radius 2 is 2.23 bits per heavy atom. The summed E-state index contributed by atoms with van der Waals surface area (Å²) in [6.07, 6.45) is 7.68. The van der Waals surface area contributed by atoms with Crippen LogP contribution in [0.25, 0.3) is 0 Å². The number of carbonyl (C=O) groups excluding carboxylic acids is 2. The predicted octanol–water partition coefficient (Wildman–Crippen LogP) is 1.32. The van der Waals surface area contributed by atoms with Crippen LogP contribution in [-0.2, 0) is 27.3 Å². The lowest BCUT2D eigenvalue weighted by atomic mass is 9.83. The number of aryl methyl sites for hydroxylation is 1. The average Bonchev–Trinajstić information content (AvgIpc) is 3.10. The Morgan fingerprint density at radius 3 is 3.00 bits per heavy atom. The summed E-state index contributed by atoms with van der Waals surface area (Å²) in [6, 6.07) is 0.275. The number of rotatable bonds is 7. The van der Waals surface area contributed by atoms with Gasteiger partial charge in [-0.1, -0.05) is 6.92 Å². The van der Waals surface area contributed by atoms with Gasteiger partial charge < -0.3 is 19.1 Å². The molecule has 144 valence electrons. The van der Waals surface area contributed by atoms with Crippen LogP contribution < -0.4 is 0 Å². The molecule has 0 aliphatic carbocycles. The van der Waals surface area contributed by atoms with Crippen LogP contribution in [0.1, 0.15) is 38.4 Å². The van der Waals surface area contributed by atoms with E-state index in [0.29, 0.717) is 25.5 Å². The van der Waals surface area contributed by atoms with E-state index in [0.717, 1.165) is 51.1 Å². The van der Waals surface area contributed by atoms with Crippen molar-refractivity contribution in [3.8, 4) is 0 Å². The van der Waals surface area contributed by atoms with Crippen molar-refractivity contribution in [1.29, 1.82) is 0 Å². The van der Waals surface area contributed by atoms with Crippen molar-refractivity contribution in [2.75, 3.05) is 33.4 Å². The number of fused-ring (bicyclic) bond motifs is 1. The molecule has 1 aromatic rings. The van der Waals surface area contributed by atoms with Gasteiger partial charge in [-0.2, -0.15) is 0 Å². The molecular formula is C19H30N4O3. The second-order valence-corrected chi connectivity index (χ2v) is 7.25. The molecule has 3 heterocycles. The number of methoxy groups -OCH3 is 1. The number of piperidine rings is 2. The Bertz CT molecular complexity index is 630. The molecule has 0 N–H and O–H groups in total. The molecule has 7 heteroatoms. The van der Waals surface area contributed by atoms with Crippen molar-refractivity contribution in [1.82, 2.24) is 19.4 Å². The smallest absolute Gasteiger partial charge is 0.242 e. The lowest BCUT2D eigenvalue weighted by Gasteiger charge is -2.47. The first-order chi connectivity index (χ1) is 12.6. The Morgan fingerprint density at radius 1 is 1.38 bits per heavy atom. The number of amides is 2. The number of ether oxygens (including phenoxy) is 1. The minimum Gasteiger partial charge on any atom is -0.385 e. The molecule has 1 aromatic heterocycles. The number of imidazole rings is 1. The van der Waals surface area contributed by atoms with E-state index in [1.807, 2.05) is 27.5 Å². The van der Waals surface area contributed by atoms with Crippen LogP contribution >= 0.6 is 0 Å². The van der Waals surface area contributed by atoms with Crippen molar-refractivity contribution < 1.29 is 14.3 Å². The standard InChI is InChI=1S/C19H30N4O3/c1-3-17-20-8-11-21(17)14-19(25)22-10-7-16-15(13-22)5-6-18(24)23(16)9-4-12-26-2/h8,11,15-16H,3-7,9-10,12-14H2,1-2H3/t15-,16+/m0/s1. The maximum Gasteiger partial charge on any atom is 0.242 e. The normalized spacial score (nSPS) is 23.2. The zero-order valence-electron chi connectivity index (χ0n) is 15.9. The van der Waals surface area contributed by atoms with Crippen molar-refractivity contribution >= 4 is 11.8 Å². The molecule has 0 unspecified atom stereocenters. The molecule has 0 saturated carbocycles. The fourth-order valence-electron chi connectivity index (χ4n) is 4.29. The van der Waals surface area contributed by atoms with Crippen molar-refractivity contribution in [2.45, 2.75) is 51.6 Å². The minimum atomic E-state index is 0.152. The van der Waals surface area contributed by atoms with Gasteiger partial charge in [-0.25, -0.2) is 4.98 Å². The topological polar surface area (TPSA) is 67.7 Å². The molecule has 0 bridgehead atoms. The first-order valence-electron chi connectivity index (χ1n) is 9.70. The summed E-state index contributed by atoms with van der Waals surface area (Å²) in [5, 5.41) is 0. The van der Waals surface area contributed by atoms with Crippen molar-refractivity contribution in [2.24, 2.45) is 5.92 Å². The lowest BCUT2D eigenvalue weighted by Crippen LogP contribution is -2.57. The lowest BCUT2D eigenvalue weighted by molar-refractivity contribution is -0.144. The quantitative estimate of drug-likeness (QED) is 0.686. The summed E-state index contributed by atoms with van der Waals surface area (Å²) >= 11 is 0. The van der Waals surface area contributed by atoms with E-state index in [9.17, 15) is 9.59 Å². The predicted molar refractivity (Wildman–Crippen MR) is 97.5 cm³/mol. The summed E-state index contributed by atoms with van der Waals surface area (Å²) in [4.78, 5) is 33.4. The van der Waals surface area contributed by atoms with Crippen molar-refractivity contribution in [3.63, 3.8) is 0 Å². The number of aromatic nitrogens is 2. The van der Waals surface area contributed by atoms with Gasteiger partial charge in [-0.05, 0) is 25.2 Å². The van der Waals surface area contributed by atoms with Crippen LogP contribution in [0.15, 0.2) is 12.4 Å². The molecule has 2 fully saturated rings. The van der Waals surface area contributed by atoms with E-state index in [2.05, 4.69) is 4.98 Å². The van der Waals surface area contributed by atoms with Gasteiger partial charge in [0.15, 0.2) is 0 Å². The minimum absolute atomic E-state index is 0.152. The van der Waals surface area contributed by atoms with Crippen LogP contribution in [0.3, 0.4) is 0 Å². The van der Waals surface area contributed by atoms with Gasteiger partial charge in [0.2, 0.25) is 11.8 Å². The van der Waals surface area contributed by atoms with Gasteiger partial charge in [0.05, 0.1) is 0 Å². The fraction of sp³-hybridized carbons (Fsp3) is 0.737. The van der Waals surface area contributed by atoms with Crippen molar-refractivity contribution in [3.05, 3.63) is 18.2 Å². The third-order valence-corrected chi connectivity index (χ3v) is 5.67. The second kappa shape index (κ2) is 8.66. The SMILES string of the molecule is CCc1nccn1CC(=O)N1CC[C@@H]2[C@@H](CCC(=O)N2CCCOC)C1. The van der Waals surface area contributed by atoms with E-state index in [4.69, 9.17) is 4.74 Å². The van der Waals surface area contributed by atoms with Gasteiger partial charge in [0.1, 0.15) is 12.4 Å². The molecule has 2 aliphatic rings. The van der Waals surface area contributed by atoms with Crippen LogP contribution in [0.2, 0.25) is 0 Å². The highest BCUT2D eigenvalue weighted by Gasteiger charge is 2.39. The van der Waals surface area contributed by atoms with Gasteiger partial charge in [0.25, 0.3) is 0 Å². The third kappa shape index (κ3) is 4.09. The van der Waals surface area contributed by atoms with Crippen LogP contribution in [0, 0.1) is 5.92 Å². The molecule has 2 atom stereocenters. The van der Waals surface area contributed by atoms with Gasteiger partial charge in [-0.15, -0.1) is 0 Å². The highest BCUT2D eigenvalue weighted by Crippen LogP contribution is 2.31. The highest BCUT2D eigenvalue weighted by molar-refractivity contribution is 5.78. The largest absolute Gasteiger partial charge is 0.385 e. The van der Waals surface area contributed by atoms with E-state index < -0.39 is 0 Å². The van der Waals surface area contributed by atoms with Crippen LogP contribution in [0.5, 0.6) is 0 Å². The average molecular weight is 362 g/mol. The molecule has 2 saturated heterocycles. The molecule has 0 spiro atoms. The van der Waals surface area contributed by atoms with E-state index >= 15 is 0 Å². The molecule has 3 rings (SSSR count). The first kappa shape index (κ1) is 18.9.